The van der Waals surface area contributed by atoms with E-state index in [1.807, 2.05) is 0 Å². The molecule has 0 aliphatic carbocycles. The van der Waals surface area contributed by atoms with Crippen molar-refractivity contribution in [3.8, 4) is 0 Å². The Bertz CT molecular complexity index is 363. The van der Waals surface area contributed by atoms with Gasteiger partial charge in [-0.05, 0) is 43.9 Å². The van der Waals surface area contributed by atoms with E-state index in [-0.39, 0.29) is 0 Å². The highest BCUT2D eigenvalue weighted by Gasteiger charge is 2.22. The molecule has 1 aliphatic rings. The van der Waals surface area contributed by atoms with Gasteiger partial charge < -0.3 is 10.2 Å². The Hall–Kier alpha value is -1.16. The maximum atomic E-state index is 4.37. The third kappa shape index (κ3) is 4.16. The average Bonchev–Trinajstić information content (AvgIpc) is 2.89. The first-order chi connectivity index (χ1) is 9.33. The van der Waals surface area contributed by atoms with Crippen LogP contribution >= 0.6 is 0 Å². The molecule has 0 radical (unpaired) electrons. The lowest BCUT2D eigenvalue weighted by Gasteiger charge is -2.16. The fourth-order valence-electron chi connectivity index (χ4n) is 2.69. The van der Waals surface area contributed by atoms with Crippen molar-refractivity contribution in [2.45, 2.75) is 46.1 Å². The van der Waals surface area contributed by atoms with E-state index in [2.05, 4.69) is 46.4 Å². The van der Waals surface area contributed by atoms with E-state index >= 15 is 0 Å². The number of nitrogens with one attached hydrogen (secondary N) is 1. The standard InChI is InChI=1S/C15H26N4/c1-3-5-13-8-10-19(12-13)15-7-6-14(17-18-15)11-16-9-4-2/h6-7,13,16H,3-5,8-12H2,1-2H3. The third-order valence-corrected chi connectivity index (χ3v) is 3.75. The number of hydrogen-bond donors (Lipinski definition) is 1. The van der Waals surface area contributed by atoms with E-state index in [9.17, 15) is 0 Å². The van der Waals surface area contributed by atoms with Crippen LogP contribution in [0.15, 0.2) is 12.1 Å². The Morgan fingerprint density at radius 3 is 2.84 bits per heavy atom. The van der Waals surface area contributed by atoms with Gasteiger partial charge in [-0.3, -0.25) is 0 Å². The van der Waals surface area contributed by atoms with Crippen LogP contribution < -0.4 is 10.2 Å². The molecule has 1 aliphatic heterocycles. The molecule has 1 saturated heterocycles. The van der Waals surface area contributed by atoms with Crippen LogP contribution in [0.5, 0.6) is 0 Å². The molecule has 1 N–H and O–H groups in total. The highest BCUT2D eigenvalue weighted by atomic mass is 15.3. The van der Waals surface area contributed by atoms with E-state index in [1.54, 1.807) is 0 Å². The van der Waals surface area contributed by atoms with E-state index in [4.69, 9.17) is 0 Å². The van der Waals surface area contributed by atoms with Crippen molar-refractivity contribution in [1.29, 1.82) is 0 Å². The molecule has 2 heterocycles. The quantitative estimate of drug-likeness (QED) is 0.767. The van der Waals surface area contributed by atoms with Crippen molar-refractivity contribution in [2.24, 2.45) is 5.92 Å². The lowest BCUT2D eigenvalue weighted by Crippen LogP contribution is -2.22. The van der Waals surface area contributed by atoms with Crippen LogP contribution in [0.1, 0.15) is 45.2 Å². The van der Waals surface area contributed by atoms with E-state index in [0.717, 1.165) is 50.0 Å². The SMILES string of the molecule is CCCNCc1ccc(N2CCC(CCC)C2)nn1. The summed E-state index contributed by atoms with van der Waals surface area (Å²) in [6, 6.07) is 4.21. The minimum Gasteiger partial charge on any atom is -0.355 e. The van der Waals surface area contributed by atoms with Gasteiger partial charge in [-0.25, -0.2) is 0 Å². The molecule has 1 aromatic heterocycles. The van der Waals surface area contributed by atoms with Gasteiger partial charge in [-0.15, -0.1) is 5.10 Å². The summed E-state index contributed by atoms with van der Waals surface area (Å²) in [6.07, 6.45) is 5.07. The highest BCUT2D eigenvalue weighted by Crippen LogP contribution is 2.24. The lowest BCUT2D eigenvalue weighted by molar-refractivity contribution is 0.529. The first kappa shape index (κ1) is 14.3. The van der Waals surface area contributed by atoms with Crippen LogP contribution in [-0.2, 0) is 6.54 Å². The first-order valence-electron chi connectivity index (χ1n) is 7.61. The van der Waals surface area contributed by atoms with Gasteiger partial charge in [-0.2, -0.15) is 5.10 Å². The summed E-state index contributed by atoms with van der Waals surface area (Å²) in [6.45, 7) is 8.57. The molecule has 1 atom stereocenters. The largest absolute Gasteiger partial charge is 0.355 e. The van der Waals surface area contributed by atoms with Crippen LogP contribution in [-0.4, -0.2) is 29.8 Å². The predicted molar refractivity (Wildman–Crippen MR) is 79.3 cm³/mol. The van der Waals surface area contributed by atoms with E-state index in [0.29, 0.717) is 0 Å². The van der Waals surface area contributed by atoms with Crippen molar-refractivity contribution in [3.05, 3.63) is 17.8 Å². The molecule has 0 saturated carbocycles. The fourth-order valence-corrected chi connectivity index (χ4v) is 2.69. The number of anilines is 1. The maximum absolute atomic E-state index is 4.37. The molecule has 4 nitrogen and oxygen atoms in total. The number of aromatic nitrogens is 2. The summed E-state index contributed by atoms with van der Waals surface area (Å²) in [5.41, 5.74) is 1.03. The van der Waals surface area contributed by atoms with Gasteiger partial charge in [0.25, 0.3) is 0 Å². The summed E-state index contributed by atoms with van der Waals surface area (Å²) in [5, 5.41) is 12.0. The second-order valence-corrected chi connectivity index (χ2v) is 5.45. The zero-order valence-corrected chi connectivity index (χ0v) is 12.2. The minimum atomic E-state index is 0.819. The van der Waals surface area contributed by atoms with Gasteiger partial charge in [0.15, 0.2) is 5.82 Å². The van der Waals surface area contributed by atoms with Gasteiger partial charge >= 0.3 is 0 Å². The normalized spacial score (nSPS) is 19.1. The minimum absolute atomic E-state index is 0.819. The van der Waals surface area contributed by atoms with E-state index in [1.165, 1.54) is 19.3 Å². The molecular formula is C15H26N4. The van der Waals surface area contributed by atoms with Crippen molar-refractivity contribution >= 4 is 5.82 Å². The Labute approximate surface area is 116 Å². The zero-order chi connectivity index (χ0) is 13.5. The molecule has 106 valence electrons. The molecule has 0 spiro atoms. The predicted octanol–water partition coefficient (Wildman–Crippen LogP) is 2.60. The Morgan fingerprint density at radius 1 is 1.26 bits per heavy atom. The fraction of sp³-hybridized carbons (Fsp3) is 0.733. The molecule has 0 aromatic carbocycles. The van der Waals surface area contributed by atoms with Crippen molar-refractivity contribution in [3.63, 3.8) is 0 Å². The van der Waals surface area contributed by atoms with Crippen molar-refractivity contribution in [2.75, 3.05) is 24.5 Å². The van der Waals surface area contributed by atoms with Crippen LogP contribution in [0.2, 0.25) is 0 Å². The number of nitrogens with zero attached hydrogens (tertiary/aromatic N) is 3. The summed E-state index contributed by atoms with van der Waals surface area (Å²) in [4.78, 5) is 2.37. The molecule has 0 amide bonds. The van der Waals surface area contributed by atoms with Crippen LogP contribution in [0.4, 0.5) is 5.82 Å². The van der Waals surface area contributed by atoms with E-state index < -0.39 is 0 Å². The smallest absolute Gasteiger partial charge is 0.151 e. The second-order valence-electron chi connectivity index (χ2n) is 5.45. The average molecular weight is 262 g/mol. The highest BCUT2D eigenvalue weighted by molar-refractivity contribution is 5.38. The molecule has 1 unspecified atom stereocenters. The Morgan fingerprint density at radius 2 is 2.16 bits per heavy atom. The van der Waals surface area contributed by atoms with Gasteiger partial charge in [0, 0.05) is 19.6 Å². The van der Waals surface area contributed by atoms with Crippen LogP contribution in [0.3, 0.4) is 0 Å². The molecule has 0 bridgehead atoms. The van der Waals surface area contributed by atoms with Gasteiger partial charge in [0.05, 0.1) is 5.69 Å². The zero-order valence-electron chi connectivity index (χ0n) is 12.2. The summed E-state index contributed by atoms with van der Waals surface area (Å²) >= 11 is 0. The number of hydrogen-bond acceptors (Lipinski definition) is 4. The third-order valence-electron chi connectivity index (χ3n) is 3.75. The summed E-state index contributed by atoms with van der Waals surface area (Å²) in [5.74, 6) is 1.88. The number of rotatable bonds is 7. The molecule has 1 fully saturated rings. The first-order valence-corrected chi connectivity index (χ1v) is 7.61. The maximum Gasteiger partial charge on any atom is 0.151 e. The molecule has 1 aromatic rings. The second kappa shape index (κ2) is 7.43. The van der Waals surface area contributed by atoms with Gasteiger partial charge in [0.1, 0.15) is 0 Å². The monoisotopic (exact) mass is 262 g/mol. The van der Waals surface area contributed by atoms with Crippen LogP contribution in [0.25, 0.3) is 0 Å². The summed E-state index contributed by atoms with van der Waals surface area (Å²) < 4.78 is 0. The van der Waals surface area contributed by atoms with Crippen LogP contribution in [0, 0.1) is 5.92 Å². The molecule has 19 heavy (non-hydrogen) atoms. The van der Waals surface area contributed by atoms with Crippen molar-refractivity contribution < 1.29 is 0 Å². The Kier molecular flexibility index (Phi) is 5.58. The van der Waals surface area contributed by atoms with Gasteiger partial charge in [-0.1, -0.05) is 20.3 Å². The van der Waals surface area contributed by atoms with Gasteiger partial charge in [0.2, 0.25) is 0 Å². The lowest BCUT2D eigenvalue weighted by atomic mass is 10.0. The van der Waals surface area contributed by atoms with Crippen molar-refractivity contribution in [1.82, 2.24) is 15.5 Å². The molecule has 4 heteroatoms. The molecular weight excluding hydrogens is 236 g/mol. The molecule has 2 rings (SSSR count). The Balaban J connectivity index is 1.85. The topological polar surface area (TPSA) is 41.0 Å². The summed E-state index contributed by atoms with van der Waals surface area (Å²) in [7, 11) is 0.